The molecule has 9 heteroatoms. The van der Waals surface area contributed by atoms with Crippen molar-refractivity contribution in [2.75, 3.05) is 17.2 Å². The number of aryl methyl sites for hydroxylation is 2. The zero-order valence-corrected chi connectivity index (χ0v) is 20.4. The van der Waals surface area contributed by atoms with Crippen LogP contribution in [-0.4, -0.2) is 37.0 Å². The molecule has 0 aliphatic carbocycles. The maximum absolute atomic E-state index is 12.8. The number of benzene rings is 1. The van der Waals surface area contributed by atoms with Gasteiger partial charge in [-0.15, -0.1) is 0 Å². The maximum atomic E-state index is 12.8. The average molecular weight is 489 g/mol. The highest BCUT2D eigenvalue weighted by Crippen LogP contribution is 2.38. The molecule has 3 aliphatic rings. The van der Waals surface area contributed by atoms with Crippen molar-refractivity contribution in [2.45, 2.75) is 20.4 Å². The van der Waals surface area contributed by atoms with E-state index in [4.69, 9.17) is 4.98 Å². The highest BCUT2D eigenvalue weighted by molar-refractivity contribution is 6.03. The zero-order valence-electron chi connectivity index (χ0n) is 20.4. The Morgan fingerprint density at radius 3 is 2.70 bits per heavy atom. The largest absolute Gasteiger partial charge is 0.369 e. The van der Waals surface area contributed by atoms with Crippen LogP contribution in [-0.2, 0) is 6.54 Å². The van der Waals surface area contributed by atoms with E-state index in [-0.39, 0.29) is 5.91 Å². The summed E-state index contributed by atoms with van der Waals surface area (Å²) in [7, 11) is 0. The van der Waals surface area contributed by atoms with Gasteiger partial charge in [0.05, 0.1) is 5.69 Å². The molecular weight excluding hydrogens is 464 g/mol. The van der Waals surface area contributed by atoms with Crippen molar-refractivity contribution in [3.63, 3.8) is 0 Å². The molecule has 1 aromatic carbocycles. The van der Waals surface area contributed by atoms with Gasteiger partial charge in [0.25, 0.3) is 11.5 Å². The minimum Gasteiger partial charge on any atom is -0.369 e. The van der Waals surface area contributed by atoms with E-state index in [1.165, 1.54) is 0 Å². The number of aromatic nitrogens is 5. The molecule has 1 amide bonds. The van der Waals surface area contributed by atoms with Crippen LogP contribution in [0.1, 0.15) is 21.6 Å². The molecule has 2 N–H and O–H groups in total. The van der Waals surface area contributed by atoms with Gasteiger partial charge in [-0.3, -0.25) is 14.8 Å². The Bertz CT molecular complexity index is 1680. The Balaban J connectivity index is 1.41. The maximum Gasteiger partial charge on any atom is 0.274 e. The van der Waals surface area contributed by atoms with Gasteiger partial charge in [-0.2, -0.15) is 4.98 Å². The van der Waals surface area contributed by atoms with Crippen LogP contribution >= 0.6 is 0 Å². The van der Waals surface area contributed by atoms with Gasteiger partial charge in [0.15, 0.2) is 0 Å². The summed E-state index contributed by atoms with van der Waals surface area (Å²) in [5, 5.41) is 6.50. The number of nitrogens with zero attached hydrogens (tertiary/aromatic N) is 6. The molecule has 0 unspecified atom stereocenters. The number of anilines is 2. The third kappa shape index (κ3) is 4.42. The average Bonchev–Trinajstić information content (AvgIpc) is 3.41. The number of pyridine rings is 3. The molecule has 3 aliphatic heterocycles. The molecule has 0 spiro atoms. The first-order valence-electron chi connectivity index (χ1n) is 12.0. The summed E-state index contributed by atoms with van der Waals surface area (Å²) in [6.07, 6.45) is 6.84. The summed E-state index contributed by atoms with van der Waals surface area (Å²) in [6, 6.07) is 15.3. The number of amides is 1. The lowest BCUT2D eigenvalue weighted by molar-refractivity contribution is 0.102. The van der Waals surface area contributed by atoms with E-state index in [9.17, 15) is 4.79 Å². The molecule has 0 fully saturated rings. The topological polar surface area (TPSA) is 110 Å². The van der Waals surface area contributed by atoms with E-state index < -0.39 is 0 Å². The first kappa shape index (κ1) is 22.5. The van der Waals surface area contributed by atoms with Crippen LogP contribution in [0.2, 0.25) is 0 Å². The Labute approximate surface area is 213 Å². The molecule has 0 bridgehead atoms. The van der Waals surface area contributed by atoms with Crippen molar-refractivity contribution in [2.24, 2.45) is 4.99 Å². The fraction of sp³-hybridized carbons (Fsp3) is 0.143. The first-order chi connectivity index (χ1) is 18.0. The number of carbonyl (C=O) groups excluding carboxylic acids is 1. The molecule has 37 heavy (non-hydrogen) atoms. The zero-order chi connectivity index (χ0) is 25.4. The van der Waals surface area contributed by atoms with Gasteiger partial charge in [-0.25, -0.2) is 9.98 Å². The van der Waals surface area contributed by atoms with Gasteiger partial charge in [0, 0.05) is 54.7 Å². The number of hydrogen-bond acceptors (Lipinski definition) is 7. The summed E-state index contributed by atoms with van der Waals surface area (Å²) < 4.78 is 2.17. The minimum atomic E-state index is -0.242. The Hall–Kier alpha value is -4.92. The third-order valence-corrected chi connectivity index (χ3v) is 6.32. The summed E-state index contributed by atoms with van der Waals surface area (Å²) in [6.45, 7) is 5.57. The van der Waals surface area contributed by atoms with E-state index in [1.54, 1.807) is 24.7 Å². The standard InChI is InChI=1S/C28H24N8O/c1-17-5-10-30-24(13-17)27(37)33-21-4-3-18(2)22(15-21)23-14-19-16-32-28(34-20-6-8-29-9-7-20)35-25(19)36-12-11-31-26(23)36/h3-10,13-16,31H,11-12H2,1-2H3,(H,33,37). The van der Waals surface area contributed by atoms with Crippen LogP contribution in [0.15, 0.2) is 78.3 Å². The van der Waals surface area contributed by atoms with Crippen molar-refractivity contribution >= 4 is 23.1 Å². The molecule has 0 radical (unpaired) electrons. The minimum absolute atomic E-state index is 0.242. The number of carbonyl (C=O) groups is 1. The van der Waals surface area contributed by atoms with Crippen LogP contribution in [0, 0.1) is 13.8 Å². The van der Waals surface area contributed by atoms with E-state index in [0.717, 1.165) is 58.2 Å². The van der Waals surface area contributed by atoms with Crippen LogP contribution in [0.25, 0.3) is 22.5 Å². The molecule has 0 atom stereocenters. The summed E-state index contributed by atoms with van der Waals surface area (Å²) in [5.74, 6) is 1.56. The lowest BCUT2D eigenvalue weighted by atomic mass is 9.98. The second-order valence-electron chi connectivity index (χ2n) is 8.95. The molecular formula is C28H24N8O. The molecule has 9 nitrogen and oxygen atoms in total. The van der Waals surface area contributed by atoms with Crippen LogP contribution < -0.4 is 16.3 Å². The van der Waals surface area contributed by atoms with Gasteiger partial charge in [0.1, 0.15) is 17.3 Å². The van der Waals surface area contributed by atoms with Gasteiger partial charge in [0.2, 0.25) is 0 Å². The van der Waals surface area contributed by atoms with Crippen molar-refractivity contribution in [3.05, 3.63) is 95.8 Å². The Morgan fingerprint density at radius 1 is 1.00 bits per heavy atom. The highest BCUT2D eigenvalue weighted by Gasteiger charge is 2.23. The molecule has 0 saturated carbocycles. The fourth-order valence-corrected chi connectivity index (χ4v) is 4.50. The van der Waals surface area contributed by atoms with E-state index in [1.807, 2.05) is 49.5 Å². The fourth-order valence-electron chi connectivity index (χ4n) is 4.50. The van der Waals surface area contributed by atoms with E-state index in [2.05, 4.69) is 48.1 Å². The van der Waals surface area contributed by atoms with Crippen molar-refractivity contribution < 1.29 is 4.79 Å². The number of fused-ring (bicyclic) bond motifs is 3. The molecule has 0 saturated heterocycles. The summed E-state index contributed by atoms with van der Waals surface area (Å²) in [4.78, 5) is 34.8. The Kier molecular flexibility index (Phi) is 5.65. The second-order valence-corrected chi connectivity index (χ2v) is 8.95. The number of rotatable bonds is 4. The SMILES string of the molecule is Cc1ccnc(C(=O)Nc2ccc(C)c(-c3cc4cnc(=Nc5ccncc5)nc-4n4c3NCC4)c2)c1. The van der Waals surface area contributed by atoms with Gasteiger partial charge in [-0.1, -0.05) is 6.07 Å². The first-order valence-corrected chi connectivity index (χ1v) is 12.0. The molecule has 6 rings (SSSR count). The second kappa shape index (κ2) is 9.27. The number of nitrogens with one attached hydrogen (secondary N) is 2. The quantitative estimate of drug-likeness (QED) is 0.389. The highest BCUT2D eigenvalue weighted by atomic mass is 16.1. The van der Waals surface area contributed by atoms with Crippen LogP contribution in [0.5, 0.6) is 0 Å². The van der Waals surface area contributed by atoms with Crippen LogP contribution in [0.3, 0.4) is 0 Å². The van der Waals surface area contributed by atoms with Crippen molar-refractivity contribution in [3.8, 4) is 22.5 Å². The monoisotopic (exact) mass is 488 g/mol. The van der Waals surface area contributed by atoms with Crippen molar-refractivity contribution in [1.82, 2.24) is 24.5 Å². The summed E-state index contributed by atoms with van der Waals surface area (Å²) >= 11 is 0. The summed E-state index contributed by atoms with van der Waals surface area (Å²) in [5.41, 5.74) is 7.26. The molecule has 5 heterocycles. The van der Waals surface area contributed by atoms with Crippen molar-refractivity contribution in [1.29, 1.82) is 0 Å². The Morgan fingerprint density at radius 2 is 1.86 bits per heavy atom. The third-order valence-electron chi connectivity index (χ3n) is 6.32. The van der Waals surface area contributed by atoms with E-state index >= 15 is 0 Å². The molecule has 182 valence electrons. The molecule has 3 aromatic rings. The lowest BCUT2D eigenvalue weighted by Gasteiger charge is -2.19. The van der Waals surface area contributed by atoms with Gasteiger partial charge in [-0.05, 0) is 73.0 Å². The predicted octanol–water partition coefficient (Wildman–Crippen LogP) is 4.37. The molecule has 2 aromatic heterocycles. The van der Waals surface area contributed by atoms with E-state index in [0.29, 0.717) is 17.0 Å². The number of hydrogen-bond donors (Lipinski definition) is 2. The van der Waals surface area contributed by atoms with Gasteiger partial charge < -0.3 is 15.2 Å². The van der Waals surface area contributed by atoms with Gasteiger partial charge >= 0.3 is 0 Å². The lowest BCUT2D eigenvalue weighted by Crippen LogP contribution is -2.17. The normalized spacial score (nSPS) is 12.9. The predicted molar refractivity (Wildman–Crippen MR) is 142 cm³/mol. The smallest absolute Gasteiger partial charge is 0.274 e. The van der Waals surface area contributed by atoms with Crippen LogP contribution in [0.4, 0.5) is 17.2 Å².